The Balaban J connectivity index is 2.08. The fourth-order valence-corrected chi connectivity index (χ4v) is 2.80. The Kier molecular flexibility index (Phi) is 4.94. The van der Waals surface area contributed by atoms with Gasteiger partial charge in [-0.2, -0.15) is 0 Å². The molecule has 0 radical (unpaired) electrons. The lowest BCUT2D eigenvalue weighted by molar-refractivity contribution is -0.118. The van der Waals surface area contributed by atoms with Crippen molar-refractivity contribution in [3.8, 4) is 0 Å². The quantitative estimate of drug-likeness (QED) is 0.834. The van der Waals surface area contributed by atoms with Crippen LogP contribution in [0.5, 0.6) is 0 Å². The third-order valence-electron chi connectivity index (χ3n) is 3.29. The molecule has 1 heterocycles. The summed E-state index contributed by atoms with van der Waals surface area (Å²) in [7, 11) is 0. The number of rotatable bonds is 5. The van der Waals surface area contributed by atoms with Crippen LogP contribution >= 0.6 is 11.3 Å². The lowest BCUT2D eigenvalue weighted by Crippen LogP contribution is -2.45. The monoisotopic (exact) mass is 301 g/mol. The Morgan fingerprint density at radius 3 is 2.57 bits per heavy atom. The predicted octanol–water partition coefficient (Wildman–Crippen LogP) is 3.09. The summed E-state index contributed by atoms with van der Waals surface area (Å²) < 4.78 is 0. The van der Waals surface area contributed by atoms with Crippen molar-refractivity contribution in [3.63, 3.8) is 0 Å². The third kappa shape index (κ3) is 4.03. The van der Waals surface area contributed by atoms with Gasteiger partial charge in [0.1, 0.15) is 0 Å². The maximum Gasteiger partial charge on any atom is 0.244 e. The number of aliphatic hydroxyl groups excluding tert-OH is 1. The number of nitrogens with one attached hydrogen (secondary N) is 1. The van der Waals surface area contributed by atoms with Crippen molar-refractivity contribution in [2.75, 3.05) is 6.61 Å². The van der Waals surface area contributed by atoms with Crippen molar-refractivity contribution >= 4 is 23.3 Å². The Hall–Kier alpha value is -1.91. The van der Waals surface area contributed by atoms with Crippen LogP contribution in [-0.4, -0.2) is 17.6 Å². The molecular formula is C17H19NO2S. The minimum absolute atomic E-state index is 0.158. The summed E-state index contributed by atoms with van der Waals surface area (Å²) in [5.41, 5.74) is 0.0924. The summed E-state index contributed by atoms with van der Waals surface area (Å²) >= 11 is 1.63. The molecule has 0 bridgehead atoms. The predicted molar refractivity (Wildman–Crippen MR) is 87.1 cm³/mol. The van der Waals surface area contributed by atoms with Gasteiger partial charge in [-0.25, -0.2) is 0 Å². The number of carbonyl (C=O) groups excluding carboxylic acids is 1. The van der Waals surface area contributed by atoms with Gasteiger partial charge in [0.2, 0.25) is 5.91 Å². The molecular weight excluding hydrogens is 282 g/mol. The van der Waals surface area contributed by atoms with Crippen LogP contribution < -0.4 is 5.32 Å². The Morgan fingerprint density at radius 2 is 2.00 bits per heavy atom. The molecule has 0 saturated heterocycles. The largest absolute Gasteiger partial charge is 0.394 e. The number of thiophene rings is 1. The third-order valence-corrected chi connectivity index (χ3v) is 4.25. The standard InChI is InChI=1S/C17H19NO2S/c1-13-8-9-15(21-13)10-11-16(20)18-17(2,12-19)14-6-4-3-5-7-14/h3-11,19H,12H2,1-2H3,(H,18,20)/b11-10+. The Labute approximate surface area is 128 Å². The second-order valence-corrected chi connectivity index (χ2v) is 6.45. The number of hydrogen-bond donors (Lipinski definition) is 2. The molecule has 2 aromatic rings. The molecule has 0 aliphatic rings. The van der Waals surface area contributed by atoms with E-state index in [0.717, 1.165) is 10.4 Å². The van der Waals surface area contributed by atoms with Gasteiger partial charge in [-0.3, -0.25) is 4.79 Å². The van der Waals surface area contributed by atoms with E-state index in [4.69, 9.17) is 0 Å². The van der Waals surface area contributed by atoms with Crippen LogP contribution in [0, 0.1) is 6.92 Å². The highest BCUT2D eigenvalue weighted by Gasteiger charge is 2.26. The molecule has 0 fully saturated rings. The fourth-order valence-electron chi connectivity index (χ4n) is 2.02. The molecule has 0 aliphatic carbocycles. The molecule has 4 heteroatoms. The Morgan fingerprint density at radius 1 is 1.29 bits per heavy atom. The second-order valence-electron chi connectivity index (χ2n) is 5.13. The summed E-state index contributed by atoms with van der Waals surface area (Å²) in [6, 6.07) is 13.5. The molecule has 1 aromatic carbocycles. The summed E-state index contributed by atoms with van der Waals surface area (Å²) in [6.45, 7) is 3.68. The van der Waals surface area contributed by atoms with Gasteiger partial charge in [-0.05, 0) is 37.6 Å². The molecule has 110 valence electrons. The van der Waals surface area contributed by atoms with Crippen molar-refractivity contribution in [2.24, 2.45) is 0 Å². The molecule has 1 aromatic heterocycles. The smallest absolute Gasteiger partial charge is 0.244 e. The highest BCUT2D eigenvalue weighted by molar-refractivity contribution is 7.12. The zero-order valence-corrected chi connectivity index (χ0v) is 13.0. The van der Waals surface area contributed by atoms with Crippen molar-refractivity contribution in [3.05, 3.63) is 63.9 Å². The van der Waals surface area contributed by atoms with Crippen LogP contribution in [0.3, 0.4) is 0 Å². The van der Waals surface area contributed by atoms with Gasteiger partial charge in [-0.15, -0.1) is 11.3 Å². The molecule has 1 unspecified atom stereocenters. The van der Waals surface area contributed by atoms with Gasteiger partial charge >= 0.3 is 0 Å². The van der Waals surface area contributed by atoms with E-state index in [2.05, 4.69) is 5.32 Å². The van der Waals surface area contributed by atoms with E-state index in [1.165, 1.54) is 11.0 Å². The van der Waals surface area contributed by atoms with Gasteiger partial charge in [0.05, 0.1) is 12.1 Å². The molecule has 0 aliphatic heterocycles. The summed E-state index contributed by atoms with van der Waals surface area (Å²) in [6.07, 6.45) is 3.29. The first-order valence-electron chi connectivity index (χ1n) is 6.76. The van der Waals surface area contributed by atoms with Gasteiger partial charge in [0.15, 0.2) is 0 Å². The topological polar surface area (TPSA) is 49.3 Å². The van der Waals surface area contributed by atoms with Crippen LogP contribution in [-0.2, 0) is 10.3 Å². The molecule has 21 heavy (non-hydrogen) atoms. The van der Waals surface area contributed by atoms with Crippen molar-refractivity contribution in [1.29, 1.82) is 0 Å². The van der Waals surface area contributed by atoms with Crippen LogP contribution in [0.25, 0.3) is 6.08 Å². The average molecular weight is 301 g/mol. The molecule has 1 amide bonds. The molecule has 2 N–H and O–H groups in total. The van der Waals surface area contributed by atoms with E-state index in [0.29, 0.717) is 0 Å². The molecule has 2 rings (SSSR count). The number of aryl methyl sites for hydroxylation is 1. The molecule has 0 spiro atoms. The van der Waals surface area contributed by atoms with Crippen LogP contribution in [0.15, 0.2) is 48.5 Å². The maximum absolute atomic E-state index is 12.1. The fraction of sp³-hybridized carbons (Fsp3) is 0.235. The van der Waals surface area contributed by atoms with Crippen LogP contribution in [0.1, 0.15) is 22.2 Å². The van der Waals surface area contributed by atoms with E-state index in [9.17, 15) is 9.90 Å². The minimum Gasteiger partial charge on any atom is -0.394 e. The zero-order chi connectivity index (χ0) is 15.3. The van der Waals surface area contributed by atoms with Crippen LogP contribution in [0.4, 0.5) is 0 Å². The lowest BCUT2D eigenvalue weighted by Gasteiger charge is -2.28. The van der Waals surface area contributed by atoms with Gasteiger partial charge in [0, 0.05) is 15.8 Å². The average Bonchev–Trinajstić information content (AvgIpc) is 2.91. The highest BCUT2D eigenvalue weighted by atomic mass is 32.1. The number of aliphatic hydroxyl groups is 1. The first kappa shape index (κ1) is 15.5. The second kappa shape index (κ2) is 6.70. The highest BCUT2D eigenvalue weighted by Crippen LogP contribution is 2.20. The molecule has 3 nitrogen and oxygen atoms in total. The lowest BCUT2D eigenvalue weighted by atomic mass is 9.93. The van der Waals surface area contributed by atoms with E-state index >= 15 is 0 Å². The van der Waals surface area contributed by atoms with E-state index in [-0.39, 0.29) is 12.5 Å². The van der Waals surface area contributed by atoms with Gasteiger partial charge < -0.3 is 10.4 Å². The Bertz CT molecular complexity index is 633. The minimum atomic E-state index is -0.784. The number of benzene rings is 1. The summed E-state index contributed by atoms with van der Waals surface area (Å²) in [5, 5.41) is 12.5. The van der Waals surface area contributed by atoms with Crippen molar-refractivity contribution in [1.82, 2.24) is 5.32 Å². The number of hydrogen-bond acceptors (Lipinski definition) is 3. The normalized spacial score (nSPS) is 14.0. The van der Waals surface area contributed by atoms with Crippen molar-refractivity contribution in [2.45, 2.75) is 19.4 Å². The first-order chi connectivity index (χ1) is 10.0. The van der Waals surface area contributed by atoms with Crippen molar-refractivity contribution < 1.29 is 9.90 Å². The van der Waals surface area contributed by atoms with Gasteiger partial charge in [-0.1, -0.05) is 30.3 Å². The van der Waals surface area contributed by atoms with E-state index in [1.54, 1.807) is 17.4 Å². The van der Waals surface area contributed by atoms with E-state index < -0.39 is 5.54 Å². The van der Waals surface area contributed by atoms with Crippen LogP contribution in [0.2, 0.25) is 0 Å². The number of amides is 1. The molecule has 1 atom stereocenters. The zero-order valence-electron chi connectivity index (χ0n) is 12.2. The van der Waals surface area contributed by atoms with Gasteiger partial charge in [0.25, 0.3) is 0 Å². The molecule has 0 saturated carbocycles. The SMILES string of the molecule is Cc1ccc(/C=C/C(=O)NC(C)(CO)c2ccccc2)s1. The first-order valence-corrected chi connectivity index (χ1v) is 7.58. The summed E-state index contributed by atoms with van der Waals surface area (Å²) in [4.78, 5) is 14.3. The van der Waals surface area contributed by atoms with E-state index in [1.807, 2.05) is 56.3 Å². The maximum atomic E-state index is 12.1. The summed E-state index contributed by atoms with van der Waals surface area (Å²) in [5.74, 6) is -0.221. The number of carbonyl (C=O) groups is 1.